The molecule has 0 spiro atoms. The van der Waals surface area contributed by atoms with Crippen molar-refractivity contribution in [3.63, 3.8) is 0 Å². The predicted molar refractivity (Wildman–Crippen MR) is 70.1 cm³/mol. The van der Waals surface area contributed by atoms with Crippen LogP contribution in [0, 0.1) is 0 Å². The van der Waals surface area contributed by atoms with Crippen LogP contribution in [0.15, 0.2) is 5.38 Å². The summed E-state index contributed by atoms with van der Waals surface area (Å²) in [6.45, 7) is 4.36. The maximum absolute atomic E-state index is 11.3. The van der Waals surface area contributed by atoms with Crippen molar-refractivity contribution in [3.05, 3.63) is 21.4 Å². The molecule has 2 N–H and O–H groups in total. The average Bonchev–Trinajstić information content (AvgIpc) is 2.66. The van der Waals surface area contributed by atoms with Crippen LogP contribution in [0.1, 0.15) is 60.3 Å². The molecular formula is C13H21NOS. The molecule has 1 aromatic rings. The lowest BCUT2D eigenvalue weighted by molar-refractivity contribution is 0.100. The first-order valence-corrected chi connectivity index (χ1v) is 6.97. The lowest BCUT2D eigenvalue weighted by atomic mass is 10.0. The standard InChI is InChI=1S/C13H21NOS/c1-3-5-7-10-9-16-12(13(14)15)11(10)8-6-4-2/h9H,3-8H2,1-2H3,(H2,14,15). The number of amides is 1. The van der Waals surface area contributed by atoms with Crippen molar-refractivity contribution in [2.45, 2.75) is 52.4 Å². The van der Waals surface area contributed by atoms with E-state index < -0.39 is 0 Å². The number of carbonyl (C=O) groups is 1. The van der Waals surface area contributed by atoms with Gasteiger partial charge in [-0.05, 0) is 42.2 Å². The Morgan fingerprint density at radius 2 is 1.88 bits per heavy atom. The van der Waals surface area contributed by atoms with E-state index in [0.717, 1.165) is 30.6 Å². The van der Waals surface area contributed by atoms with Crippen molar-refractivity contribution in [1.82, 2.24) is 0 Å². The minimum Gasteiger partial charge on any atom is -0.365 e. The third-order valence-electron chi connectivity index (χ3n) is 2.78. The topological polar surface area (TPSA) is 43.1 Å². The molecule has 0 saturated heterocycles. The fourth-order valence-electron chi connectivity index (χ4n) is 1.83. The lowest BCUT2D eigenvalue weighted by Crippen LogP contribution is -2.11. The highest BCUT2D eigenvalue weighted by molar-refractivity contribution is 7.12. The van der Waals surface area contributed by atoms with Gasteiger partial charge < -0.3 is 5.73 Å². The molecule has 1 rings (SSSR count). The molecule has 0 unspecified atom stereocenters. The summed E-state index contributed by atoms with van der Waals surface area (Å²) in [7, 11) is 0. The second-order valence-electron chi connectivity index (χ2n) is 4.14. The fourth-order valence-corrected chi connectivity index (χ4v) is 2.84. The summed E-state index contributed by atoms with van der Waals surface area (Å²) in [6, 6.07) is 0. The zero-order valence-corrected chi connectivity index (χ0v) is 11.0. The van der Waals surface area contributed by atoms with Gasteiger partial charge in [-0.2, -0.15) is 0 Å². The van der Waals surface area contributed by atoms with Crippen molar-refractivity contribution in [2.75, 3.05) is 0 Å². The molecule has 0 aliphatic carbocycles. The zero-order chi connectivity index (χ0) is 12.0. The number of thiophene rings is 1. The maximum atomic E-state index is 11.3. The first-order chi connectivity index (χ1) is 7.70. The minimum absolute atomic E-state index is 0.265. The molecule has 0 saturated carbocycles. The Kier molecular flexibility index (Phi) is 5.53. The molecule has 1 aromatic heterocycles. The molecule has 0 radical (unpaired) electrons. The Bertz CT molecular complexity index is 344. The Morgan fingerprint density at radius 1 is 1.25 bits per heavy atom. The SMILES string of the molecule is CCCCc1csc(C(N)=O)c1CCCC. The smallest absolute Gasteiger partial charge is 0.259 e. The largest absolute Gasteiger partial charge is 0.365 e. The Labute approximate surface area is 102 Å². The molecule has 0 bridgehead atoms. The van der Waals surface area contributed by atoms with E-state index in [9.17, 15) is 4.79 Å². The summed E-state index contributed by atoms with van der Waals surface area (Å²) < 4.78 is 0. The van der Waals surface area contributed by atoms with Gasteiger partial charge in [-0.25, -0.2) is 0 Å². The first kappa shape index (κ1) is 13.2. The monoisotopic (exact) mass is 239 g/mol. The van der Waals surface area contributed by atoms with Crippen molar-refractivity contribution < 1.29 is 4.79 Å². The molecular weight excluding hydrogens is 218 g/mol. The van der Waals surface area contributed by atoms with E-state index in [1.165, 1.54) is 35.3 Å². The van der Waals surface area contributed by atoms with Gasteiger partial charge in [-0.15, -0.1) is 11.3 Å². The second-order valence-corrected chi connectivity index (χ2v) is 5.02. The van der Waals surface area contributed by atoms with Crippen LogP contribution in [0.2, 0.25) is 0 Å². The van der Waals surface area contributed by atoms with E-state index in [4.69, 9.17) is 5.73 Å². The van der Waals surface area contributed by atoms with E-state index >= 15 is 0 Å². The van der Waals surface area contributed by atoms with Crippen molar-refractivity contribution in [1.29, 1.82) is 0 Å². The van der Waals surface area contributed by atoms with Gasteiger partial charge in [0.25, 0.3) is 5.91 Å². The molecule has 0 aliphatic rings. The van der Waals surface area contributed by atoms with Crippen LogP contribution in [0.5, 0.6) is 0 Å². The number of rotatable bonds is 7. The number of hydrogen-bond acceptors (Lipinski definition) is 2. The van der Waals surface area contributed by atoms with Crippen LogP contribution in [-0.4, -0.2) is 5.91 Å². The molecule has 1 amide bonds. The Hall–Kier alpha value is -0.830. The van der Waals surface area contributed by atoms with Gasteiger partial charge >= 0.3 is 0 Å². The molecule has 0 aromatic carbocycles. The minimum atomic E-state index is -0.265. The van der Waals surface area contributed by atoms with Crippen LogP contribution in [0.4, 0.5) is 0 Å². The quantitative estimate of drug-likeness (QED) is 0.777. The third-order valence-corrected chi connectivity index (χ3v) is 3.87. The predicted octanol–water partition coefficient (Wildman–Crippen LogP) is 3.53. The normalized spacial score (nSPS) is 10.6. The number of nitrogens with two attached hydrogens (primary N) is 1. The van der Waals surface area contributed by atoms with E-state index in [1.54, 1.807) is 0 Å². The van der Waals surface area contributed by atoms with Crippen LogP contribution in [-0.2, 0) is 12.8 Å². The Balaban J connectivity index is 2.85. The van der Waals surface area contributed by atoms with Crippen LogP contribution < -0.4 is 5.73 Å². The van der Waals surface area contributed by atoms with Gasteiger partial charge in [0.2, 0.25) is 0 Å². The average molecular weight is 239 g/mol. The van der Waals surface area contributed by atoms with E-state index in [0.29, 0.717) is 0 Å². The van der Waals surface area contributed by atoms with Crippen molar-refractivity contribution in [2.24, 2.45) is 5.73 Å². The number of unbranched alkanes of at least 4 members (excludes halogenated alkanes) is 2. The molecule has 3 heteroatoms. The van der Waals surface area contributed by atoms with Crippen LogP contribution in [0.25, 0.3) is 0 Å². The lowest BCUT2D eigenvalue weighted by Gasteiger charge is -2.05. The number of carbonyl (C=O) groups excluding carboxylic acids is 1. The van der Waals surface area contributed by atoms with Gasteiger partial charge in [0.05, 0.1) is 4.88 Å². The van der Waals surface area contributed by atoms with E-state index in [-0.39, 0.29) is 5.91 Å². The Morgan fingerprint density at radius 3 is 2.44 bits per heavy atom. The van der Waals surface area contributed by atoms with Crippen LogP contribution >= 0.6 is 11.3 Å². The highest BCUT2D eigenvalue weighted by Gasteiger charge is 2.14. The molecule has 0 aliphatic heterocycles. The van der Waals surface area contributed by atoms with E-state index in [1.807, 2.05) is 0 Å². The maximum Gasteiger partial charge on any atom is 0.259 e. The number of primary amides is 1. The first-order valence-electron chi connectivity index (χ1n) is 6.09. The third kappa shape index (κ3) is 3.34. The highest BCUT2D eigenvalue weighted by atomic mass is 32.1. The number of hydrogen-bond donors (Lipinski definition) is 1. The molecule has 2 nitrogen and oxygen atoms in total. The fraction of sp³-hybridized carbons (Fsp3) is 0.615. The van der Waals surface area contributed by atoms with E-state index in [2.05, 4.69) is 19.2 Å². The second kappa shape index (κ2) is 6.69. The van der Waals surface area contributed by atoms with Gasteiger partial charge in [-0.3, -0.25) is 4.79 Å². The summed E-state index contributed by atoms with van der Waals surface area (Å²) in [5.74, 6) is -0.265. The zero-order valence-electron chi connectivity index (χ0n) is 10.2. The van der Waals surface area contributed by atoms with Gasteiger partial charge in [-0.1, -0.05) is 26.7 Å². The molecule has 90 valence electrons. The highest BCUT2D eigenvalue weighted by Crippen LogP contribution is 2.25. The molecule has 1 heterocycles. The summed E-state index contributed by atoms with van der Waals surface area (Å²) in [4.78, 5) is 12.1. The summed E-state index contributed by atoms with van der Waals surface area (Å²) in [5.41, 5.74) is 7.96. The number of aryl methyl sites for hydroxylation is 1. The summed E-state index contributed by atoms with van der Waals surface area (Å²) >= 11 is 1.51. The van der Waals surface area contributed by atoms with Crippen molar-refractivity contribution in [3.8, 4) is 0 Å². The molecule has 16 heavy (non-hydrogen) atoms. The van der Waals surface area contributed by atoms with Crippen LogP contribution in [0.3, 0.4) is 0 Å². The summed E-state index contributed by atoms with van der Waals surface area (Å²) in [5, 5.41) is 2.11. The molecule has 0 fully saturated rings. The van der Waals surface area contributed by atoms with Gasteiger partial charge in [0, 0.05) is 0 Å². The van der Waals surface area contributed by atoms with Gasteiger partial charge in [0.1, 0.15) is 0 Å². The summed E-state index contributed by atoms with van der Waals surface area (Å²) in [6.07, 6.45) is 6.75. The van der Waals surface area contributed by atoms with Crippen molar-refractivity contribution >= 4 is 17.2 Å². The van der Waals surface area contributed by atoms with Gasteiger partial charge in [0.15, 0.2) is 0 Å². The molecule has 0 atom stereocenters.